The number of fused-ring (bicyclic) bond motifs is 1. The maximum absolute atomic E-state index is 13.1. The van der Waals surface area contributed by atoms with Crippen LogP contribution in [0.4, 0.5) is 4.39 Å². The van der Waals surface area contributed by atoms with E-state index in [1.165, 1.54) is 17.7 Å². The quantitative estimate of drug-likeness (QED) is 0.654. The first kappa shape index (κ1) is 16.6. The summed E-state index contributed by atoms with van der Waals surface area (Å²) >= 11 is 0. The first-order valence-corrected chi connectivity index (χ1v) is 8.63. The Morgan fingerprint density at radius 3 is 2.69 bits per heavy atom. The van der Waals surface area contributed by atoms with Gasteiger partial charge in [0.05, 0.1) is 6.04 Å². The molecule has 0 saturated heterocycles. The number of benzene rings is 2. The van der Waals surface area contributed by atoms with E-state index in [1.54, 1.807) is 18.3 Å². The van der Waals surface area contributed by atoms with E-state index >= 15 is 0 Å². The van der Waals surface area contributed by atoms with E-state index in [1.807, 2.05) is 18.3 Å². The van der Waals surface area contributed by atoms with Crippen molar-refractivity contribution in [2.75, 3.05) is 0 Å². The molecule has 4 heteroatoms. The molecule has 1 aliphatic heterocycles. The molecule has 0 spiro atoms. The fraction of sp³-hybridized carbons (Fsp3) is 0.182. The van der Waals surface area contributed by atoms with Crippen molar-refractivity contribution in [1.29, 1.82) is 0 Å². The number of hydrogen-bond donors (Lipinski definition) is 0. The highest BCUT2D eigenvalue weighted by molar-refractivity contribution is 5.71. The maximum Gasteiger partial charge on any atom is 0.141 e. The Morgan fingerprint density at radius 1 is 1.19 bits per heavy atom. The van der Waals surface area contributed by atoms with Crippen LogP contribution in [0.3, 0.4) is 0 Å². The SMILES string of the molecule is Cc1cc(-c2cccnc2)cc2c1C(C=O)N(Cc1ccc(F)cc1)C2. The minimum atomic E-state index is -0.266. The van der Waals surface area contributed by atoms with Crippen molar-refractivity contribution in [1.82, 2.24) is 9.88 Å². The fourth-order valence-electron chi connectivity index (χ4n) is 3.76. The summed E-state index contributed by atoms with van der Waals surface area (Å²) in [5.74, 6) is -0.248. The lowest BCUT2D eigenvalue weighted by atomic mass is 9.94. The van der Waals surface area contributed by atoms with Gasteiger partial charge in [0.15, 0.2) is 0 Å². The van der Waals surface area contributed by atoms with Gasteiger partial charge < -0.3 is 4.79 Å². The highest BCUT2D eigenvalue weighted by Crippen LogP contribution is 2.38. The van der Waals surface area contributed by atoms with Crippen LogP contribution in [0, 0.1) is 12.7 Å². The molecule has 0 bridgehead atoms. The van der Waals surface area contributed by atoms with Gasteiger partial charge in [-0.15, -0.1) is 0 Å². The average Bonchev–Trinajstić information content (AvgIpc) is 3.02. The second-order valence-corrected chi connectivity index (χ2v) is 6.72. The van der Waals surface area contributed by atoms with Gasteiger partial charge in [0.2, 0.25) is 0 Å². The number of pyridine rings is 1. The number of carbonyl (C=O) groups excluding carboxylic acids is 1. The second kappa shape index (κ2) is 6.81. The topological polar surface area (TPSA) is 33.2 Å². The molecule has 2 aromatic carbocycles. The van der Waals surface area contributed by atoms with E-state index in [0.29, 0.717) is 13.1 Å². The molecule has 0 amide bonds. The fourth-order valence-corrected chi connectivity index (χ4v) is 3.76. The van der Waals surface area contributed by atoms with Crippen LogP contribution in [0.2, 0.25) is 0 Å². The monoisotopic (exact) mass is 346 g/mol. The van der Waals surface area contributed by atoms with E-state index < -0.39 is 0 Å². The molecule has 1 unspecified atom stereocenters. The zero-order chi connectivity index (χ0) is 18.1. The molecule has 130 valence electrons. The third-order valence-electron chi connectivity index (χ3n) is 4.96. The first-order valence-electron chi connectivity index (χ1n) is 8.63. The standard InChI is InChI=1S/C22H19FN2O/c1-15-9-18(17-3-2-8-24-11-17)10-19-13-25(21(14-26)22(15)19)12-16-4-6-20(23)7-5-16/h2-11,14,21H,12-13H2,1H3. The highest BCUT2D eigenvalue weighted by Gasteiger charge is 2.31. The molecule has 0 N–H and O–H groups in total. The molecule has 0 aliphatic carbocycles. The zero-order valence-electron chi connectivity index (χ0n) is 14.5. The molecule has 3 nitrogen and oxygen atoms in total. The van der Waals surface area contributed by atoms with Gasteiger partial charge >= 0.3 is 0 Å². The van der Waals surface area contributed by atoms with Crippen LogP contribution in [-0.4, -0.2) is 16.2 Å². The van der Waals surface area contributed by atoms with Crippen molar-refractivity contribution in [3.8, 4) is 11.1 Å². The first-order chi connectivity index (χ1) is 12.7. The summed E-state index contributed by atoms with van der Waals surface area (Å²) in [6, 6.07) is 14.4. The minimum Gasteiger partial charge on any atom is -0.301 e. The number of rotatable bonds is 4. The molecule has 0 fully saturated rings. The van der Waals surface area contributed by atoms with Crippen LogP contribution < -0.4 is 0 Å². The molecule has 3 aromatic rings. The summed E-state index contributed by atoms with van der Waals surface area (Å²) < 4.78 is 13.1. The van der Waals surface area contributed by atoms with Crippen molar-refractivity contribution in [2.45, 2.75) is 26.1 Å². The van der Waals surface area contributed by atoms with Crippen molar-refractivity contribution >= 4 is 6.29 Å². The number of halogens is 1. The summed E-state index contributed by atoms with van der Waals surface area (Å²) in [7, 11) is 0. The Morgan fingerprint density at radius 2 is 2.00 bits per heavy atom. The highest BCUT2D eigenvalue weighted by atomic mass is 19.1. The van der Waals surface area contributed by atoms with Crippen LogP contribution >= 0.6 is 0 Å². The van der Waals surface area contributed by atoms with Crippen LogP contribution in [0.5, 0.6) is 0 Å². The third kappa shape index (κ3) is 3.04. The lowest BCUT2D eigenvalue weighted by Crippen LogP contribution is -2.22. The Kier molecular flexibility index (Phi) is 4.35. The van der Waals surface area contributed by atoms with Gasteiger partial charge in [-0.05, 0) is 59.0 Å². The molecule has 26 heavy (non-hydrogen) atoms. The zero-order valence-corrected chi connectivity index (χ0v) is 14.5. The van der Waals surface area contributed by atoms with Gasteiger partial charge in [-0.1, -0.05) is 24.3 Å². The van der Waals surface area contributed by atoms with Crippen LogP contribution in [-0.2, 0) is 17.9 Å². The summed E-state index contributed by atoms with van der Waals surface area (Å²) in [5.41, 5.74) is 6.55. The van der Waals surface area contributed by atoms with Gasteiger partial charge in [-0.25, -0.2) is 4.39 Å². The molecule has 1 aliphatic rings. The second-order valence-electron chi connectivity index (χ2n) is 6.72. The maximum atomic E-state index is 13.1. The predicted molar refractivity (Wildman–Crippen MR) is 98.9 cm³/mol. The smallest absolute Gasteiger partial charge is 0.141 e. The van der Waals surface area contributed by atoms with E-state index in [4.69, 9.17) is 0 Å². The lowest BCUT2D eigenvalue weighted by Gasteiger charge is -2.21. The van der Waals surface area contributed by atoms with E-state index in [0.717, 1.165) is 34.1 Å². The molecular weight excluding hydrogens is 327 g/mol. The van der Waals surface area contributed by atoms with Gasteiger partial charge in [0, 0.05) is 31.0 Å². The number of carbonyl (C=O) groups is 1. The molecular formula is C22H19FN2O. The van der Waals surface area contributed by atoms with Crippen molar-refractivity contribution in [3.05, 3.63) is 89.0 Å². The molecule has 0 saturated carbocycles. The Bertz CT molecular complexity index is 938. The molecule has 0 radical (unpaired) electrons. The minimum absolute atomic E-state index is 0.248. The summed E-state index contributed by atoms with van der Waals surface area (Å²) in [6.07, 6.45) is 4.62. The summed E-state index contributed by atoms with van der Waals surface area (Å²) in [6.45, 7) is 3.36. The summed E-state index contributed by atoms with van der Waals surface area (Å²) in [4.78, 5) is 18.1. The average molecular weight is 346 g/mol. The number of aldehydes is 1. The van der Waals surface area contributed by atoms with E-state index in [9.17, 15) is 9.18 Å². The van der Waals surface area contributed by atoms with Crippen LogP contribution in [0.1, 0.15) is 28.3 Å². The Balaban J connectivity index is 1.67. The van der Waals surface area contributed by atoms with Gasteiger partial charge in [0.1, 0.15) is 12.1 Å². The molecule has 2 heterocycles. The summed E-state index contributed by atoms with van der Waals surface area (Å²) in [5, 5.41) is 0. The largest absolute Gasteiger partial charge is 0.301 e. The van der Waals surface area contributed by atoms with Crippen LogP contribution in [0.15, 0.2) is 60.9 Å². The predicted octanol–water partition coefficient (Wildman–Crippen LogP) is 4.45. The number of aryl methyl sites for hydroxylation is 1. The molecule has 1 aromatic heterocycles. The van der Waals surface area contributed by atoms with E-state index in [2.05, 4.69) is 28.9 Å². The van der Waals surface area contributed by atoms with Gasteiger partial charge in [0.25, 0.3) is 0 Å². The number of hydrogen-bond acceptors (Lipinski definition) is 3. The third-order valence-corrected chi connectivity index (χ3v) is 4.96. The van der Waals surface area contributed by atoms with Crippen LogP contribution in [0.25, 0.3) is 11.1 Å². The lowest BCUT2D eigenvalue weighted by molar-refractivity contribution is -0.112. The molecule has 1 atom stereocenters. The Hall–Kier alpha value is -2.85. The normalized spacial score (nSPS) is 16.5. The van der Waals surface area contributed by atoms with Crippen molar-refractivity contribution in [2.24, 2.45) is 0 Å². The van der Waals surface area contributed by atoms with Crippen molar-refractivity contribution < 1.29 is 9.18 Å². The Labute approximate surface area is 152 Å². The van der Waals surface area contributed by atoms with Gasteiger partial charge in [-0.3, -0.25) is 9.88 Å². The number of aromatic nitrogens is 1. The van der Waals surface area contributed by atoms with Gasteiger partial charge in [-0.2, -0.15) is 0 Å². The van der Waals surface area contributed by atoms with Crippen molar-refractivity contribution in [3.63, 3.8) is 0 Å². The van der Waals surface area contributed by atoms with E-state index in [-0.39, 0.29) is 11.9 Å². The number of nitrogens with zero attached hydrogens (tertiary/aromatic N) is 2. The molecule has 4 rings (SSSR count).